The van der Waals surface area contributed by atoms with Gasteiger partial charge in [0.15, 0.2) is 11.6 Å². The van der Waals surface area contributed by atoms with Crippen molar-refractivity contribution >= 4 is 29.2 Å². The first-order valence-corrected chi connectivity index (χ1v) is 15.7. The average Bonchev–Trinajstić information content (AvgIpc) is 3.33. The van der Waals surface area contributed by atoms with Gasteiger partial charge in [0.25, 0.3) is 0 Å². The third kappa shape index (κ3) is 11.9. The number of hydrogen-bond acceptors (Lipinski definition) is 4. The summed E-state index contributed by atoms with van der Waals surface area (Å²) in [5, 5.41) is 5.63. The number of allylic oxidation sites excluding steroid dienone is 1. The Morgan fingerprint density at radius 3 is 2.23 bits per heavy atom. The summed E-state index contributed by atoms with van der Waals surface area (Å²) in [5.74, 6) is 0.654. The van der Waals surface area contributed by atoms with Gasteiger partial charge < -0.3 is 20.3 Å². The summed E-state index contributed by atoms with van der Waals surface area (Å²) >= 11 is 1.80. The lowest BCUT2D eigenvalue weighted by atomic mass is 10.1. The highest BCUT2D eigenvalue weighted by Crippen LogP contribution is 2.28. The van der Waals surface area contributed by atoms with E-state index in [-0.39, 0.29) is 5.75 Å². The van der Waals surface area contributed by atoms with Crippen molar-refractivity contribution in [3.63, 3.8) is 0 Å². The number of carbonyl (C=O) groups is 1. The highest BCUT2D eigenvalue weighted by atomic mass is 32.2. The summed E-state index contributed by atoms with van der Waals surface area (Å²) in [5.41, 5.74) is 2.14. The molecule has 214 valence electrons. The van der Waals surface area contributed by atoms with Crippen molar-refractivity contribution in [1.29, 1.82) is 0 Å². The number of thioether (sulfide) groups is 1. The number of ether oxygens (including phenoxy) is 1. The molecule has 7 heteroatoms. The molecule has 2 aromatic rings. The number of nitrogens with zero attached hydrogens (tertiary/aromatic N) is 1. The van der Waals surface area contributed by atoms with E-state index in [1.54, 1.807) is 23.9 Å². The largest absolute Gasteiger partial charge is 0.491 e. The van der Waals surface area contributed by atoms with Gasteiger partial charge in [-0.15, -0.1) is 11.8 Å². The minimum Gasteiger partial charge on any atom is -0.491 e. The fourth-order valence-corrected chi connectivity index (χ4v) is 5.47. The van der Waals surface area contributed by atoms with Crippen LogP contribution in [0.3, 0.4) is 0 Å². The topological polar surface area (TPSA) is 53.6 Å². The van der Waals surface area contributed by atoms with Gasteiger partial charge in [0.1, 0.15) is 0 Å². The number of anilines is 2. The van der Waals surface area contributed by atoms with E-state index in [2.05, 4.69) is 35.6 Å². The zero-order chi connectivity index (χ0) is 27.7. The molecule has 2 aromatic carbocycles. The number of halogens is 1. The monoisotopic (exact) mass is 555 g/mol. The molecule has 5 nitrogen and oxygen atoms in total. The molecule has 1 aliphatic rings. The molecule has 2 amide bonds. The predicted octanol–water partition coefficient (Wildman–Crippen LogP) is 9.92. The molecule has 0 saturated carbocycles. The molecular formula is C32H46FN3O2S. The number of unbranched alkanes of at least 4 members (excludes halogenated alkanes) is 11. The first-order valence-electron chi connectivity index (χ1n) is 14.7. The molecule has 1 heterocycles. The highest BCUT2D eigenvalue weighted by Gasteiger charge is 2.14. The summed E-state index contributed by atoms with van der Waals surface area (Å²) in [4.78, 5) is 16.1. The van der Waals surface area contributed by atoms with E-state index in [9.17, 15) is 9.18 Å². The van der Waals surface area contributed by atoms with Gasteiger partial charge in [0.2, 0.25) is 0 Å². The minimum atomic E-state index is -0.471. The number of nitrogens with one attached hydrogen (secondary N) is 2. The van der Waals surface area contributed by atoms with Crippen LogP contribution >= 0.6 is 11.8 Å². The lowest BCUT2D eigenvalue weighted by Gasteiger charge is -2.18. The molecule has 0 radical (unpaired) electrons. The van der Waals surface area contributed by atoms with Gasteiger partial charge in [-0.1, -0.05) is 95.8 Å². The summed E-state index contributed by atoms with van der Waals surface area (Å²) in [6, 6.07) is 11.9. The maximum absolute atomic E-state index is 14.6. The number of carbonyl (C=O) groups excluding carboxylic acids is 1. The van der Waals surface area contributed by atoms with Gasteiger partial charge in [0.05, 0.1) is 12.5 Å². The fraction of sp³-hybridized carbons (Fsp3) is 0.531. The Labute approximate surface area is 239 Å². The van der Waals surface area contributed by atoms with Crippen LogP contribution in [0.5, 0.6) is 5.75 Å². The normalized spacial score (nSPS) is 12.9. The third-order valence-electron chi connectivity index (χ3n) is 6.91. The Hall–Kier alpha value is -2.67. The van der Waals surface area contributed by atoms with Gasteiger partial charge in [0, 0.05) is 30.2 Å². The molecule has 1 aliphatic heterocycles. The van der Waals surface area contributed by atoms with Crippen LogP contribution in [-0.2, 0) is 6.54 Å². The van der Waals surface area contributed by atoms with Crippen LogP contribution in [0.4, 0.5) is 20.6 Å². The number of urea groups is 1. The first-order chi connectivity index (χ1) is 19.0. The number of benzene rings is 2. The van der Waals surface area contributed by atoms with Crippen molar-refractivity contribution in [3.8, 4) is 5.75 Å². The Balaban J connectivity index is 1.31. The molecular weight excluding hydrogens is 509 g/mol. The first kappa shape index (κ1) is 30.9. The molecule has 0 bridgehead atoms. The number of rotatable bonds is 18. The second kappa shape index (κ2) is 17.8. The van der Waals surface area contributed by atoms with Crippen LogP contribution < -0.4 is 15.4 Å². The summed E-state index contributed by atoms with van der Waals surface area (Å²) in [6.07, 6.45) is 17.5. The van der Waals surface area contributed by atoms with Crippen molar-refractivity contribution in [3.05, 3.63) is 65.0 Å². The van der Waals surface area contributed by atoms with Crippen LogP contribution in [-0.4, -0.2) is 23.4 Å². The standard InChI is InChI=1S/C32H46FN3O2S/c1-3-4-5-6-7-8-9-10-11-12-13-16-21-38-31-20-19-28(22-29(31)33)34-32(37)35-30-18-15-14-17-27(30)24-36-23-26(2)39-25-36/h14-15,17-20,22-23H,3-13,16,21,24-25H2,1-2H3,(H2,34,35,37). The Morgan fingerprint density at radius 1 is 0.923 bits per heavy atom. The van der Waals surface area contributed by atoms with E-state index in [0.717, 1.165) is 30.0 Å². The molecule has 0 atom stereocenters. The van der Waals surface area contributed by atoms with E-state index in [1.807, 2.05) is 24.3 Å². The summed E-state index contributed by atoms with van der Waals surface area (Å²) < 4.78 is 20.2. The third-order valence-corrected chi connectivity index (χ3v) is 7.93. The van der Waals surface area contributed by atoms with Crippen molar-refractivity contribution in [2.45, 2.75) is 97.4 Å². The summed E-state index contributed by atoms with van der Waals surface area (Å²) in [6.45, 7) is 5.56. The molecule has 2 N–H and O–H groups in total. The fourth-order valence-electron chi connectivity index (χ4n) is 4.71. The molecule has 0 aromatic heterocycles. The number of hydrogen-bond donors (Lipinski definition) is 2. The van der Waals surface area contributed by atoms with Gasteiger partial charge >= 0.3 is 6.03 Å². The van der Waals surface area contributed by atoms with Crippen LogP contribution in [0.2, 0.25) is 0 Å². The molecule has 0 unspecified atom stereocenters. The van der Waals surface area contributed by atoms with Gasteiger partial charge in [-0.25, -0.2) is 9.18 Å². The van der Waals surface area contributed by atoms with Crippen molar-refractivity contribution in [2.75, 3.05) is 23.1 Å². The molecule has 3 rings (SSSR count). The number of amides is 2. The Bertz CT molecular complexity index is 1050. The SMILES string of the molecule is CCCCCCCCCCCCCCOc1ccc(NC(=O)Nc2ccccc2CN2C=C(C)SC2)cc1F. The maximum atomic E-state index is 14.6. The van der Waals surface area contributed by atoms with Crippen molar-refractivity contribution < 1.29 is 13.9 Å². The number of para-hydroxylation sites is 1. The van der Waals surface area contributed by atoms with E-state index in [0.29, 0.717) is 18.8 Å². The van der Waals surface area contributed by atoms with Crippen molar-refractivity contribution in [2.24, 2.45) is 0 Å². The quantitative estimate of drug-likeness (QED) is 0.180. The second-order valence-electron chi connectivity index (χ2n) is 10.4. The lowest BCUT2D eigenvalue weighted by Crippen LogP contribution is -2.21. The van der Waals surface area contributed by atoms with Gasteiger partial charge in [-0.05, 0) is 42.0 Å². The molecule has 39 heavy (non-hydrogen) atoms. The lowest BCUT2D eigenvalue weighted by molar-refractivity contribution is 0.262. The van der Waals surface area contributed by atoms with E-state index >= 15 is 0 Å². The van der Waals surface area contributed by atoms with Crippen LogP contribution in [0.25, 0.3) is 0 Å². The molecule has 0 aliphatic carbocycles. The molecule has 0 spiro atoms. The van der Waals surface area contributed by atoms with Crippen molar-refractivity contribution in [1.82, 2.24) is 4.90 Å². The average molecular weight is 556 g/mol. The zero-order valence-corrected chi connectivity index (χ0v) is 24.6. The molecule has 0 saturated heterocycles. The summed E-state index contributed by atoms with van der Waals surface area (Å²) in [7, 11) is 0. The second-order valence-corrected chi connectivity index (χ2v) is 11.6. The highest BCUT2D eigenvalue weighted by molar-refractivity contribution is 8.03. The predicted molar refractivity (Wildman–Crippen MR) is 164 cm³/mol. The van der Waals surface area contributed by atoms with E-state index in [4.69, 9.17) is 4.74 Å². The van der Waals surface area contributed by atoms with E-state index in [1.165, 1.54) is 75.2 Å². The Morgan fingerprint density at radius 2 is 1.59 bits per heavy atom. The van der Waals surface area contributed by atoms with Crippen LogP contribution in [0.1, 0.15) is 96.5 Å². The zero-order valence-electron chi connectivity index (χ0n) is 23.8. The van der Waals surface area contributed by atoms with Crippen LogP contribution in [0, 0.1) is 5.82 Å². The van der Waals surface area contributed by atoms with E-state index < -0.39 is 11.8 Å². The van der Waals surface area contributed by atoms with Crippen LogP contribution in [0.15, 0.2) is 53.6 Å². The smallest absolute Gasteiger partial charge is 0.323 e. The van der Waals surface area contributed by atoms with Gasteiger partial charge in [-0.2, -0.15) is 0 Å². The van der Waals surface area contributed by atoms with Gasteiger partial charge in [-0.3, -0.25) is 0 Å². The molecule has 0 fully saturated rings. The minimum absolute atomic E-state index is 0.223. The maximum Gasteiger partial charge on any atom is 0.323 e. The Kier molecular flexibility index (Phi) is 14.1.